The maximum atomic E-state index is 11.6. The summed E-state index contributed by atoms with van der Waals surface area (Å²) >= 11 is 0. The number of fused-ring (bicyclic) bond motifs is 1. The molecular weight excluding hydrogens is 344 g/mol. The van der Waals surface area contributed by atoms with E-state index in [1.165, 1.54) is 6.20 Å². The van der Waals surface area contributed by atoms with Crippen LogP contribution in [-0.2, 0) is 4.79 Å². The van der Waals surface area contributed by atoms with Crippen molar-refractivity contribution in [2.75, 3.05) is 10.6 Å². The van der Waals surface area contributed by atoms with Crippen LogP contribution in [0, 0.1) is 5.92 Å². The Kier molecular flexibility index (Phi) is 4.37. The predicted molar refractivity (Wildman–Crippen MR) is 102 cm³/mol. The monoisotopic (exact) mass is 362 g/mol. The van der Waals surface area contributed by atoms with Crippen molar-refractivity contribution in [3.63, 3.8) is 0 Å². The highest BCUT2D eigenvalue weighted by Gasteiger charge is 2.35. The van der Waals surface area contributed by atoms with E-state index in [9.17, 15) is 9.59 Å². The summed E-state index contributed by atoms with van der Waals surface area (Å²) in [6.45, 7) is 0. The van der Waals surface area contributed by atoms with E-state index in [1.807, 2.05) is 30.3 Å². The molecule has 0 spiro atoms. The van der Waals surface area contributed by atoms with Crippen LogP contribution < -0.4 is 16.4 Å². The number of aldehydes is 1. The number of hydrogen-bond acceptors (Lipinski definition) is 7. The third-order valence-electron chi connectivity index (χ3n) is 4.49. The third kappa shape index (κ3) is 3.69. The molecule has 0 radical (unpaired) electrons. The van der Waals surface area contributed by atoms with Gasteiger partial charge in [0, 0.05) is 23.5 Å². The lowest BCUT2D eigenvalue weighted by atomic mass is 10.2. The van der Waals surface area contributed by atoms with E-state index in [2.05, 4.69) is 25.6 Å². The molecule has 2 heterocycles. The molecule has 8 heteroatoms. The summed E-state index contributed by atoms with van der Waals surface area (Å²) in [5, 5.41) is 7.08. The number of nitrogens with one attached hydrogen (secondary N) is 2. The van der Waals surface area contributed by atoms with Crippen molar-refractivity contribution in [1.29, 1.82) is 0 Å². The number of nitrogens with zero attached hydrogens (tertiary/aromatic N) is 3. The van der Waals surface area contributed by atoms with E-state index >= 15 is 0 Å². The number of rotatable bonds is 7. The summed E-state index contributed by atoms with van der Waals surface area (Å²) in [6.07, 6.45) is 5.73. The van der Waals surface area contributed by atoms with Gasteiger partial charge in [-0.05, 0) is 43.0 Å². The summed E-state index contributed by atoms with van der Waals surface area (Å²) in [4.78, 5) is 35.8. The number of carbonyl (C=O) groups is 2. The van der Waals surface area contributed by atoms with E-state index in [0.717, 1.165) is 29.4 Å². The molecule has 4 rings (SSSR count). The number of anilines is 3. The molecule has 4 N–H and O–H groups in total. The Morgan fingerprint density at radius 2 is 2.11 bits per heavy atom. The molecule has 2 aromatic heterocycles. The van der Waals surface area contributed by atoms with Crippen LogP contribution in [0.5, 0.6) is 0 Å². The SMILES string of the molecule is NC(=O)C(Nc1ncc(C=O)c(Nc2ccc3ncccc3c2)n1)C1CC1. The average Bonchev–Trinajstić information content (AvgIpc) is 3.51. The Morgan fingerprint density at radius 1 is 1.26 bits per heavy atom. The quantitative estimate of drug-likeness (QED) is 0.551. The first-order valence-electron chi connectivity index (χ1n) is 8.64. The summed E-state index contributed by atoms with van der Waals surface area (Å²) in [5.74, 6) is 0.379. The minimum atomic E-state index is -0.508. The number of aromatic nitrogens is 3. The van der Waals surface area contributed by atoms with Gasteiger partial charge in [-0.25, -0.2) is 4.98 Å². The molecule has 1 atom stereocenters. The van der Waals surface area contributed by atoms with Gasteiger partial charge < -0.3 is 16.4 Å². The predicted octanol–water partition coefficient (Wildman–Crippen LogP) is 2.26. The molecule has 3 aromatic rings. The molecule has 0 aliphatic heterocycles. The van der Waals surface area contributed by atoms with E-state index in [4.69, 9.17) is 5.73 Å². The highest BCUT2D eigenvalue weighted by molar-refractivity contribution is 5.87. The standard InChI is InChI=1S/C19H18N6O2/c20-17(27)16(11-3-4-11)24-19-22-9-13(10-26)18(25-19)23-14-5-6-15-12(8-14)2-1-7-21-15/h1-2,5-11,16H,3-4H2,(H2,20,27)(H2,22,23,24,25). The van der Waals surface area contributed by atoms with Gasteiger partial charge in [-0.2, -0.15) is 4.98 Å². The Hall–Kier alpha value is -3.55. The molecule has 1 aromatic carbocycles. The molecular formula is C19H18N6O2. The first kappa shape index (κ1) is 16.9. The minimum Gasteiger partial charge on any atom is -0.368 e. The van der Waals surface area contributed by atoms with Crippen LogP contribution in [0.1, 0.15) is 23.2 Å². The highest BCUT2D eigenvalue weighted by Crippen LogP contribution is 2.34. The van der Waals surface area contributed by atoms with Crippen molar-refractivity contribution in [2.24, 2.45) is 11.7 Å². The number of benzene rings is 1. The van der Waals surface area contributed by atoms with Gasteiger partial charge in [0.25, 0.3) is 0 Å². The summed E-state index contributed by atoms with van der Waals surface area (Å²) in [7, 11) is 0. The van der Waals surface area contributed by atoms with Crippen LogP contribution in [0.25, 0.3) is 10.9 Å². The first-order valence-corrected chi connectivity index (χ1v) is 8.64. The zero-order valence-electron chi connectivity index (χ0n) is 14.4. The number of carbonyl (C=O) groups excluding carboxylic acids is 2. The summed E-state index contributed by atoms with van der Waals surface area (Å²) in [6, 6.07) is 8.96. The maximum Gasteiger partial charge on any atom is 0.240 e. The molecule has 136 valence electrons. The second-order valence-corrected chi connectivity index (χ2v) is 6.51. The normalized spacial score (nSPS) is 14.5. The molecule has 1 aliphatic carbocycles. The van der Waals surface area contributed by atoms with Gasteiger partial charge >= 0.3 is 0 Å². The third-order valence-corrected chi connectivity index (χ3v) is 4.49. The van der Waals surface area contributed by atoms with Crippen LogP contribution in [0.4, 0.5) is 17.5 Å². The van der Waals surface area contributed by atoms with Crippen LogP contribution in [0.3, 0.4) is 0 Å². The van der Waals surface area contributed by atoms with Gasteiger partial charge in [0.1, 0.15) is 11.9 Å². The summed E-state index contributed by atoms with van der Waals surface area (Å²) in [5.41, 5.74) is 7.41. The number of amides is 1. The number of hydrogen-bond donors (Lipinski definition) is 3. The van der Waals surface area contributed by atoms with Gasteiger partial charge in [-0.1, -0.05) is 6.07 Å². The largest absolute Gasteiger partial charge is 0.368 e. The van der Waals surface area contributed by atoms with Gasteiger partial charge in [-0.15, -0.1) is 0 Å². The molecule has 27 heavy (non-hydrogen) atoms. The lowest BCUT2D eigenvalue weighted by Crippen LogP contribution is -2.37. The molecule has 1 saturated carbocycles. The number of primary amides is 1. The smallest absolute Gasteiger partial charge is 0.240 e. The minimum absolute atomic E-state index is 0.209. The Bertz CT molecular complexity index is 1020. The zero-order chi connectivity index (χ0) is 18.8. The van der Waals surface area contributed by atoms with Crippen LogP contribution in [0.15, 0.2) is 42.7 Å². The van der Waals surface area contributed by atoms with E-state index in [0.29, 0.717) is 17.7 Å². The molecule has 0 saturated heterocycles. The highest BCUT2D eigenvalue weighted by atomic mass is 16.1. The van der Waals surface area contributed by atoms with E-state index < -0.39 is 11.9 Å². The Labute approximate surface area is 155 Å². The van der Waals surface area contributed by atoms with Crippen molar-refractivity contribution in [3.05, 3.63) is 48.3 Å². The lowest BCUT2D eigenvalue weighted by molar-refractivity contribution is -0.119. The zero-order valence-corrected chi connectivity index (χ0v) is 14.4. The van der Waals surface area contributed by atoms with Gasteiger partial charge in [0.15, 0.2) is 6.29 Å². The van der Waals surface area contributed by atoms with E-state index in [-0.39, 0.29) is 11.9 Å². The first-order chi connectivity index (χ1) is 13.1. The van der Waals surface area contributed by atoms with Crippen LogP contribution in [-0.4, -0.2) is 33.2 Å². The van der Waals surface area contributed by atoms with Crippen molar-refractivity contribution in [2.45, 2.75) is 18.9 Å². The number of nitrogens with two attached hydrogens (primary N) is 1. The van der Waals surface area contributed by atoms with Crippen LogP contribution >= 0.6 is 0 Å². The van der Waals surface area contributed by atoms with Crippen molar-refractivity contribution < 1.29 is 9.59 Å². The fourth-order valence-electron chi connectivity index (χ4n) is 2.93. The maximum absolute atomic E-state index is 11.6. The summed E-state index contributed by atoms with van der Waals surface area (Å²) < 4.78 is 0. The molecule has 1 unspecified atom stereocenters. The average molecular weight is 362 g/mol. The second-order valence-electron chi connectivity index (χ2n) is 6.51. The molecule has 1 fully saturated rings. The molecule has 8 nitrogen and oxygen atoms in total. The van der Waals surface area contributed by atoms with Gasteiger partial charge in [0.2, 0.25) is 11.9 Å². The fourth-order valence-corrected chi connectivity index (χ4v) is 2.93. The Balaban J connectivity index is 1.61. The van der Waals surface area contributed by atoms with Gasteiger partial charge in [0.05, 0.1) is 11.1 Å². The van der Waals surface area contributed by atoms with E-state index in [1.54, 1.807) is 6.20 Å². The number of pyridine rings is 1. The molecule has 0 bridgehead atoms. The van der Waals surface area contributed by atoms with Crippen LogP contribution in [0.2, 0.25) is 0 Å². The molecule has 1 aliphatic rings. The fraction of sp³-hybridized carbons (Fsp3) is 0.211. The lowest BCUT2D eigenvalue weighted by Gasteiger charge is -2.16. The second kappa shape index (κ2) is 6.99. The molecule has 1 amide bonds. The van der Waals surface area contributed by atoms with Crippen molar-refractivity contribution in [1.82, 2.24) is 15.0 Å². The Morgan fingerprint density at radius 3 is 2.85 bits per heavy atom. The van der Waals surface area contributed by atoms with Crippen molar-refractivity contribution in [3.8, 4) is 0 Å². The van der Waals surface area contributed by atoms with Crippen molar-refractivity contribution >= 4 is 40.5 Å². The topological polar surface area (TPSA) is 123 Å². The van der Waals surface area contributed by atoms with Gasteiger partial charge in [-0.3, -0.25) is 14.6 Å².